The number of nitrogens with zero attached hydrogens (tertiary/aromatic N) is 2. The molecule has 1 amide bonds. The Morgan fingerprint density at radius 1 is 1.33 bits per heavy atom. The van der Waals surface area contributed by atoms with E-state index in [0.717, 1.165) is 11.4 Å². The van der Waals surface area contributed by atoms with Crippen molar-refractivity contribution in [3.05, 3.63) is 52.6 Å². The third kappa shape index (κ3) is 2.65. The molecule has 5 heteroatoms. The van der Waals surface area contributed by atoms with Crippen molar-refractivity contribution in [1.29, 1.82) is 0 Å². The number of nitrogens with one attached hydrogen (secondary N) is 1. The van der Waals surface area contributed by atoms with Crippen LogP contribution in [0.4, 0.5) is 5.69 Å². The van der Waals surface area contributed by atoms with Gasteiger partial charge in [-0.25, -0.2) is 0 Å². The van der Waals surface area contributed by atoms with Crippen LogP contribution in [-0.2, 0) is 0 Å². The molecule has 0 aliphatic heterocycles. The maximum Gasteiger partial charge on any atom is 0.258 e. The molecule has 0 bridgehead atoms. The molecule has 0 radical (unpaired) electrons. The zero-order valence-corrected chi connectivity index (χ0v) is 10.8. The lowest BCUT2D eigenvalue weighted by atomic mass is 10.2. The smallest absolute Gasteiger partial charge is 0.258 e. The number of hydrogen-bond donors (Lipinski definition) is 1. The number of aryl methyl sites for hydroxylation is 2. The molecule has 4 nitrogen and oxygen atoms in total. The standard InChI is InChI=1S/C13H12ClN3O/c1-8-6-11(14)10(7-16-8)13(18)17-12-4-3-5-15-9(12)2/h3-7H,1-2H3,(H,17,18). The first kappa shape index (κ1) is 12.5. The van der Waals surface area contributed by atoms with Crippen LogP contribution in [0.3, 0.4) is 0 Å². The molecule has 0 aromatic carbocycles. The van der Waals surface area contributed by atoms with E-state index in [-0.39, 0.29) is 5.91 Å². The van der Waals surface area contributed by atoms with Crippen molar-refractivity contribution >= 4 is 23.2 Å². The van der Waals surface area contributed by atoms with Gasteiger partial charge in [0.05, 0.1) is 22.0 Å². The predicted octanol–water partition coefficient (Wildman–Crippen LogP) is 3.00. The van der Waals surface area contributed by atoms with Crippen molar-refractivity contribution < 1.29 is 4.79 Å². The van der Waals surface area contributed by atoms with E-state index in [0.29, 0.717) is 16.3 Å². The van der Waals surface area contributed by atoms with Gasteiger partial charge in [-0.15, -0.1) is 0 Å². The van der Waals surface area contributed by atoms with Gasteiger partial charge in [-0.1, -0.05) is 11.6 Å². The number of pyridine rings is 2. The number of carbonyl (C=O) groups excluding carboxylic acids is 1. The Balaban J connectivity index is 2.25. The van der Waals surface area contributed by atoms with Gasteiger partial charge in [0.1, 0.15) is 0 Å². The SMILES string of the molecule is Cc1cc(Cl)c(C(=O)Nc2cccnc2C)cn1. The highest BCUT2D eigenvalue weighted by Gasteiger charge is 2.12. The van der Waals surface area contributed by atoms with Crippen LogP contribution in [0.2, 0.25) is 5.02 Å². The minimum absolute atomic E-state index is 0.288. The highest BCUT2D eigenvalue weighted by molar-refractivity contribution is 6.34. The van der Waals surface area contributed by atoms with Crippen LogP contribution < -0.4 is 5.32 Å². The molecule has 1 N–H and O–H groups in total. The van der Waals surface area contributed by atoms with Crippen molar-refractivity contribution in [2.24, 2.45) is 0 Å². The van der Waals surface area contributed by atoms with Crippen molar-refractivity contribution in [2.45, 2.75) is 13.8 Å². The molecule has 0 atom stereocenters. The van der Waals surface area contributed by atoms with Crippen LogP contribution >= 0.6 is 11.6 Å². The van der Waals surface area contributed by atoms with Crippen molar-refractivity contribution in [3.63, 3.8) is 0 Å². The number of aromatic nitrogens is 2. The Labute approximate surface area is 110 Å². The van der Waals surface area contributed by atoms with Crippen molar-refractivity contribution in [1.82, 2.24) is 9.97 Å². The summed E-state index contributed by atoms with van der Waals surface area (Å²) in [6, 6.07) is 5.21. The fourth-order valence-electron chi connectivity index (χ4n) is 1.50. The van der Waals surface area contributed by atoms with E-state index >= 15 is 0 Å². The molecule has 0 fully saturated rings. The molecule has 2 aromatic heterocycles. The van der Waals surface area contributed by atoms with E-state index in [9.17, 15) is 4.79 Å². The molecule has 0 saturated carbocycles. The molecule has 0 saturated heterocycles. The first-order chi connectivity index (χ1) is 8.58. The minimum atomic E-state index is -0.288. The number of hydrogen-bond acceptors (Lipinski definition) is 3. The van der Waals surface area contributed by atoms with E-state index in [1.807, 2.05) is 13.8 Å². The molecule has 92 valence electrons. The van der Waals surface area contributed by atoms with Gasteiger partial charge in [-0.3, -0.25) is 14.8 Å². The van der Waals surface area contributed by atoms with Gasteiger partial charge in [0.2, 0.25) is 0 Å². The maximum atomic E-state index is 12.0. The molecule has 2 rings (SSSR count). The van der Waals surface area contributed by atoms with Gasteiger partial charge >= 0.3 is 0 Å². The third-order valence-corrected chi connectivity index (χ3v) is 2.80. The molecule has 0 unspecified atom stereocenters. The number of carbonyl (C=O) groups is 1. The summed E-state index contributed by atoms with van der Waals surface area (Å²) < 4.78 is 0. The summed E-state index contributed by atoms with van der Waals surface area (Å²) >= 11 is 6.01. The fourth-order valence-corrected chi connectivity index (χ4v) is 1.79. The first-order valence-electron chi connectivity index (χ1n) is 5.43. The lowest BCUT2D eigenvalue weighted by molar-refractivity contribution is 0.102. The lowest BCUT2D eigenvalue weighted by Gasteiger charge is -2.08. The van der Waals surface area contributed by atoms with Crippen LogP contribution in [0.25, 0.3) is 0 Å². The summed E-state index contributed by atoms with van der Waals surface area (Å²) in [7, 11) is 0. The van der Waals surface area contributed by atoms with E-state index in [1.165, 1.54) is 6.20 Å². The minimum Gasteiger partial charge on any atom is -0.320 e. The molecular weight excluding hydrogens is 250 g/mol. The highest BCUT2D eigenvalue weighted by atomic mass is 35.5. The van der Waals surface area contributed by atoms with Crippen molar-refractivity contribution in [2.75, 3.05) is 5.32 Å². The summed E-state index contributed by atoms with van der Waals surface area (Å²) in [5.41, 5.74) is 2.54. The average molecular weight is 262 g/mol. The number of halogens is 1. The summed E-state index contributed by atoms with van der Waals surface area (Å²) in [5.74, 6) is -0.288. The van der Waals surface area contributed by atoms with Crippen LogP contribution in [-0.4, -0.2) is 15.9 Å². The van der Waals surface area contributed by atoms with E-state index in [1.54, 1.807) is 24.4 Å². The summed E-state index contributed by atoms with van der Waals surface area (Å²) in [6.07, 6.45) is 3.14. The van der Waals surface area contributed by atoms with Gasteiger partial charge in [0, 0.05) is 18.1 Å². The lowest BCUT2D eigenvalue weighted by Crippen LogP contribution is -2.14. The summed E-state index contributed by atoms with van der Waals surface area (Å²) in [4.78, 5) is 20.2. The molecule has 18 heavy (non-hydrogen) atoms. The normalized spacial score (nSPS) is 10.2. The molecule has 2 heterocycles. The number of amides is 1. The second kappa shape index (κ2) is 5.14. The zero-order chi connectivity index (χ0) is 13.1. The zero-order valence-electron chi connectivity index (χ0n) is 10.1. The second-order valence-corrected chi connectivity index (χ2v) is 4.30. The fraction of sp³-hybridized carbons (Fsp3) is 0.154. The van der Waals surface area contributed by atoms with E-state index in [4.69, 9.17) is 11.6 Å². The quantitative estimate of drug-likeness (QED) is 0.904. The van der Waals surface area contributed by atoms with Crippen LogP contribution in [0, 0.1) is 13.8 Å². The maximum absolute atomic E-state index is 12.0. The van der Waals surface area contributed by atoms with Crippen LogP contribution in [0.15, 0.2) is 30.6 Å². The topological polar surface area (TPSA) is 54.9 Å². The molecule has 0 aliphatic rings. The second-order valence-electron chi connectivity index (χ2n) is 3.90. The van der Waals surface area contributed by atoms with Gasteiger partial charge < -0.3 is 5.32 Å². The third-order valence-electron chi connectivity index (χ3n) is 2.49. The average Bonchev–Trinajstić information content (AvgIpc) is 2.32. The van der Waals surface area contributed by atoms with Gasteiger partial charge in [0.15, 0.2) is 0 Å². The van der Waals surface area contributed by atoms with Crippen LogP contribution in [0.1, 0.15) is 21.7 Å². The predicted molar refractivity (Wildman–Crippen MR) is 70.9 cm³/mol. The van der Waals surface area contributed by atoms with Gasteiger partial charge in [-0.05, 0) is 32.0 Å². The van der Waals surface area contributed by atoms with Crippen LogP contribution in [0.5, 0.6) is 0 Å². The molecule has 0 aliphatic carbocycles. The highest BCUT2D eigenvalue weighted by Crippen LogP contribution is 2.18. The Bertz CT molecular complexity index is 599. The first-order valence-corrected chi connectivity index (χ1v) is 5.81. The van der Waals surface area contributed by atoms with E-state index < -0.39 is 0 Å². The van der Waals surface area contributed by atoms with Crippen molar-refractivity contribution in [3.8, 4) is 0 Å². The molecule has 2 aromatic rings. The monoisotopic (exact) mass is 261 g/mol. The van der Waals surface area contributed by atoms with Gasteiger partial charge in [0.25, 0.3) is 5.91 Å². The van der Waals surface area contributed by atoms with E-state index in [2.05, 4.69) is 15.3 Å². The largest absolute Gasteiger partial charge is 0.320 e. The molecular formula is C13H12ClN3O. The molecule has 0 spiro atoms. The van der Waals surface area contributed by atoms with Gasteiger partial charge in [-0.2, -0.15) is 0 Å². The Hall–Kier alpha value is -1.94. The Morgan fingerprint density at radius 2 is 2.11 bits per heavy atom. The Morgan fingerprint density at radius 3 is 2.78 bits per heavy atom. The number of anilines is 1. The summed E-state index contributed by atoms with van der Waals surface area (Å²) in [6.45, 7) is 3.64. The summed E-state index contributed by atoms with van der Waals surface area (Å²) in [5, 5.41) is 3.15. The Kier molecular flexibility index (Phi) is 3.58. The number of rotatable bonds is 2.